The van der Waals surface area contributed by atoms with E-state index >= 15 is 0 Å². The van der Waals surface area contributed by atoms with Gasteiger partial charge in [-0.25, -0.2) is 0 Å². The van der Waals surface area contributed by atoms with E-state index in [1.807, 2.05) is 0 Å². The van der Waals surface area contributed by atoms with E-state index in [1.165, 1.54) is 0 Å². The molecule has 0 rings (SSSR count). The zero-order chi connectivity index (χ0) is 11.4. The van der Waals surface area contributed by atoms with Gasteiger partial charge in [0.05, 0.1) is 32.5 Å². The van der Waals surface area contributed by atoms with Crippen LogP contribution in [0.2, 0.25) is 6.04 Å². The maximum absolute atomic E-state index is 8.46. The minimum Gasteiger partial charge on any atom is -0.391 e. The average Bonchev–Trinajstić information content (AvgIpc) is 2.25. The summed E-state index contributed by atoms with van der Waals surface area (Å²) in [6, 6.07) is 2.76. The highest BCUT2D eigenvalue weighted by molar-refractivity contribution is 6.44. The third kappa shape index (κ3) is 9.84. The number of nitriles is 1. The Morgan fingerprint density at radius 3 is 1.93 bits per heavy atom. The van der Waals surface area contributed by atoms with Gasteiger partial charge >= 0.3 is 9.28 Å². The average molecular weight is 232 g/mol. The number of hydrogen-bond acceptors (Lipinski definition) is 5. The molecule has 1 radical (unpaired) electrons. The predicted molar refractivity (Wildman–Crippen MR) is 56.4 cm³/mol. The SMILES string of the molecule is COCCO[Si](CCC#N)OCCOC. The molecule has 0 unspecified atom stereocenters. The molecule has 0 heterocycles. The molecule has 0 saturated heterocycles. The summed E-state index contributed by atoms with van der Waals surface area (Å²) < 4.78 is 20.7. The molecule has 0 bridgehead atoms. The van der Waals surface area contributed by atoms with Crippen LogP contribution in [0.3, 0.4) is 0 Å². The molecule has 0 fully saturated rings. The first-order chi connectivity index (χ1) is 7.35. The Bertz CT molecular complexity index is 164. The van der Waals surface area contributed by atoms with Crippen LogP contribution in [0.4, 0.5) is 0 Å². The van der Waals surface area contributed by atoms with E-state index in [-0.39, 0.29) is 0 Å². The van der Waals surface area contributed by atoms with Crippen molar-refractivity contribution in [2.45, 2.75) is 12.5 Å². The Balaban J connectivity index is 3.59. The fraction of sp³-hybridized carbons (Fsp3) is 0.889. The lowest BCUT2D eigenvalue weighted by atomic mass is 10.6. The number of nitrogens with zero attached hydrogens (tertiary/aromatic N) is 1. The van der Waals surface area contributed by atoms with E-state index < -0.39 is 9.28 Å². The van der Waals surface area contributed by atoms with Gasteiger partial charge in [0, 0.05) is 26.7 Å². The maximum atomic E-state index is 8.46. The molecule has 0 saturated carbocycles. The molecule has 0 spiro atoms. The Kier molecular flexibility index (Phi) is 11.3. The van der Waals surface area contributed by atoms with Gasteiger partial charge in [0.15, 0.2) is 0 Å². The Hall–Kier alpha value is -0.453. The van der Waals surface area contributed by atoms with Crippen LogP contribution in [0.5, 0.6) is 0 Å². The molecule has 6 heteroatoms. The van der Waals surface area contributed by atoms with Crippen molar-refractivity contribution in [2.75, 3.05) is 40.6 Å². The van der Waals surface area contributed by atoms with Crippen molar-refractivity contribution in [3.05, 3.63) is 0 Å². The van der Waals surface area contributed by atoms with Crippen LogP contribution in [-0.2, 0) is 18.3 Å². The second-order valence-electron chi connectivity index (χ2n) is 2.71. The minimum atomic E-state index is -1.33. The molecule has 0 aromatic heterocycles. The van der Waals surface area contributed by atoms with Crippen molar-refractivity contribution in [3.8, 4) is 6.07 Å². The van der Waals surface area contributed by atoms with Crippen molar-refractivity contribution in [3.63, 3.8) is 0 Å². The first-order valence-corrected chi connectivity index (χ1v) is 6.33. The maximum Gasteiger partial charge on any atom is 0.385 e. The fourth-order valence-electron chi connectivity index (χ4n) is 0.822. The van der Waals surface area contributed by atoms with Gasteiger partial charge in [-0.1, -0.05) is 0 Å². The Labute approximate surface area is 92.7 Å². The molecular formula is C9H18NO4Si. The highest BCUT2D eigenvalue weighted by Crippen LogP contribution is 2.01. The molecule has 0 aliphatic heterocycles. The number of ether oxygens (including phenoxy) is 2. The summed E-state index contributed by atoms with van der Waals surface area (Å²) in [4.78, 5) is 0. The second-order valence-corrected chi connectivity index (χ2v) is 4.53. The topological polar surface area (TPSA) is 60.7 Å². The van der Waals surface area contributed by atoms with Gasteiger partial charge in [0.2, 0.25) is 0 Å². The zero-order valence-electron chi connectivity index (χ0n) is 9.32. The quantitative estimate of drug-likeness (QED) is 0.410. The van der Waals surface area contributed by atoms with Crippen molar-refractivity contribution in [2.24, 2.45) is 0 Å². The molecule has 15 heavy (non-hydrogen) atoms. The van der Waals surface area contributed by atoms with Crippen molar-refractivity contribution in [1.29, 1.82) is 5.26 Å². The van der Waals surface area contributed by atoms with E-state index in [1.54, 1.807) is 14.2 Å². The standard InChI is InChI=1S/C9H18NO4Si/c1-11-5-7-13-15(9-3-4-10)14-8-6-12-2/h3,5-9H2,1-2H3. The minimum absolute atomic E-state index is 0.467. The van der Waals surface area contributed by atoms with E-state index in [9.17, 15) is 0 Å². The molecule has 0 aliphatic rings. The van der Waals surface area contributed by atoms with Crippen LogP contribution in [0.25, 0.3) is 0 Å². The number of hydrogen-bond donors (Lipinski definition) is 0. The molecule has 0 N–H and O–H groups in total. The molecule has 87 valence electrons. The summed E-state index contributed by atoms with van der Waals surface area (Å²) in [5.41, 5.74) is 0. The summed E-state index contributed by atoms with van der Waals surface area (Å²) in [5, 5.41) is 8.46. The highest BCUT2D eigenvalue weighted by atomic mass is 28.3. The van der Waals surface area contributed by atoms with Gasteiger partial charge < -0.3 is 18.3 Å². The molecule has 0 aromatic carbocycles. The van der Waals surface area contributed by atoms with E-state index in [2.05, 4.69) is 6.07 Å². The van der Waals surface area contributed by atoms with Gasteiger partial charge in [-0.3, -0.25) is 0 Å². The lowest BCUT2D eigenvalue weighted by Crippen LogP contribution is -2.26. The third-order valence-corrected chi connectivity index (χ3v) is 3.25. The van der Waals surface area contributed by atoms with Gasteiger partial charge in [-0.05, 0) is 0 Å². The Morgan fingerprint density at radius 2 is 1.53 bits per heavy atom. The molecule has 0 aromatic rings. The van der Waals surface area contributed by atoms with Crippen molar-refractivity contribution in [1.82, 2.24) is 0 Å². The van der Waals surface area contributed by atoms with Gasteiger partial charge in [-0.2, -0.15) is 5.26 Å². The molecule has 0 amide bonds. The predicted octanol–water partition coefficient (Wildman–Crippen LogP) is 0.714. The van der Waals surface area contributed by atoms with Crippen molar-refractivity contribution >= 4 is 9.28 Å². The van der Waals surface area contributed by atoms with Crippen LogP contribution < -0.4 is 0 Å². The summed E-state index contributed by atoms with van der Waals surface area (Å²) in [6.07, 6.45) is 0.467. The lowest BCUT2D eigenvalue weighted by Gasteiger charge is -2.13. The smallest absolute Gasteiger partial charge is 0.385 e. The van der Waals surface area contributed by atoms with Crippen LogP contribution in [0.15, 0.2) is 0 Å². The second kappa shape index (κ2) is 11.6. The third-order valence-electron chi connectivity index (χ3n) is 1.54. The van der Waals surface area contributed by atoms with Gasteiger partial charge in [0.1, 0.15) is 0 Å². The monoisotopic (exact) mass is 232 g/mol. The molecule has 5 nitrogen and oxygen atoms in total. The first-order valence-electron chi connectivity index (χ1n) is 4.81. The molecule has 0 aliphatic carbocycles. The van der Waals surface area contributed by atoms with Crippen LogP contribution in [0.1, 0.15) is 6.42 Å². The lowest BCUT2D eigenvalue weighted by molar-refractivity contribution is 0.0997. The van der Waals surface area contributed by atoms with Crippen LogP contribution >= 0.6 is 0 Å². The van der Waals surface area contributed by atoms with E-state index in [4.69, 9.17) is 23.6 Å². The fourth-order valence-corrected chi connectivity index (χ4v) is 2.13. The zero-order valence-corrected chi connectivity index (χ0v) is 10.3. The van der Waals surface area contributed by atoms with Crippen LogP contribution in [-0.4, -0.2) is 49.9 Å². The highest BCUT2D eigenvalue weighted by Gasteiger charge is 2.15. The largest absolute Gasteiger partial charge is 0.391 e. The summed E-state index contributed by atoms with van der Waals surface area (Å²) in [5.74, 6) is 0. The Morgan fingerprint density at radius 1 is 1.00 bits per heavy atom. The summed E-state index contributed by atoms with van der Waals surface area (Å²) in [7, 11) is 1.91. The van der Waals surface area contributed by atoms with Gasteiger partial charge in [-0.15, -0.1) is 0 Å². The van der Waals surface area contributed by atoms with E-state index in [0.29, 0.717) is 38.9 Å². The summed E-state index contributed by atoms with van der Waals surface area (Å²) >= 11 is 0. The van der Waals surface area contributed by atoms with Crippen LogP contribution in [0, 0.1) is 11.3 Å². The van der Waals surface area contributed by atoms with Gasteiger partial charge in [0.25, 0.3) is 0 Å². The molecular weight excluding hydrogens is 214 g/mol. The summed E-state index contributed by atoms with van der Waals surface area (Å²) in [6.45, 7) is 2.13. The van der Waals surface area contributed by atoms with Crippen molar-refractivity contribution < 1.29 is 18.3 Å². The number of rotatable bonds is 10. The van der Waals surface area contributed by atoms with E-state index in [0.717, 1.165) is 0 Å². The molecule has 0 atom stereocenters. The first kappa shape index (κ1) is 14.5. The normalized spacial score (nSPS) is 10.5. The number of methoxy groups -OCH3 is 2.